The van der Waals surface area contributed by atoms with Crippen LogP contribution in [0.15, 0.2) is 76.6 Å². The SMILES string of the molecule is Cc1ccccc1NC(=O)COc1ccc(Cl)cc1[C@H]1c2sc(=O)[nH]c2SC2C3CC(C4C(=O)N(c5ccc(Cl)cc5)C(=O)C34)C21. The molecule has 2 bridgehead atoms. The first-order valence-electron chi connectivity index (χ1n) is 15.0. The second-order valence-corrected chi connectivity index (χ2v) is 15.4. The lowest BCUT2D eigenvalue weighted by Crippen LogP contribution is -2.42. The quantitative estimate of drug-likeness (QED) is 0.217. The van der Waals surface area contributed by atoms with E-state index in [1.54, 1.807) is 48.2 Å². The Hall–Kier alpha value is -3.57. The van der Waals surface area contributed by atoms with Gasteiger partial charge in [-0.2, -0.15) is 0 Å². The summed E-state index contributed by atoms with van der Waals surface area (Å²) >= 11 is 15.4. The number of nitrogens with zero attached hydrogens (tertiary/aromatic N) is 1. The Labute approximate surface area is 282 Å². The van der Waals surface area contributed by atoms with Gasteiger partial charge >= 0.3 is 4.87 Å². The highest BCUT2D eigenvalue weighted by Crippen LogP contribution is 2.69. The van der Waals surface area contributed by atoms with Crippen LogP contribution >= 0.6 is 46.3 Å². The predicted octanol–water partition coefficient (Wildman–Crippen LogP) is 6.75. The minimum Gasteiger partial charge on any atom is -0.483 e. The summed E-state index contributed by atoms with van der Waals surface area (Å²) in [7, 11) is 0. The number of ether oxygens (including phenoxy) is 1. The fourth-order valence-electron chi connectivity index (χ4n) is 8.15. The van der Waals surface area contributed by atoms with Gasteiger partial charge in [0.2, 0.25) is 11.8 Å². The highest BCUT2D eigenvalue weighted by atomic mass is 35.5. The monoisotopic (exact) mass is 691 g/mol. The van der Waals surface area contributed by atoms with Crippen LogP contribution in [0.4, 0.5) is 11.4 Å². The van der Waals surface area contributed by atoms with Crippen LogP contribution in [0.1, 0.15) is 28.3 Å². The molecule has 4 aromatic rings. The van der Waals surface area contributed by atoms with Crippen molar-refractivity contribution < 1.29 is 19.1 Å². The number of amides is 3. The van der Waals surface area contributed by atoms with E-state index in [0.29, 0.717) is 27.2 Å². The maximum Gasteiger partial charge on any atom is 0.305 e. The molecule has 8 nitrogen and oxygen atoms in total. The van der Waals surface area contributed by atoms with Crippen molar-refractivity contribution in [3.05, 3.63) is 102 Å². The largest absolute Gasteiger partial charge is 0.483 e. The van der Waals surface area contributed by atoms with Gasteiger partial charge in [0.15, 0.2) is 6.61 Å². The molecule has 8 rings (SSSR count). The molecule has 2 N–H and O–H groups in total. The molecule has 2 aliphatic heterocycles. The molecular weight excluding hydrogens is 665 g/mol. The number of hydrogen-bond donors (Lipinski definition) is 2. The van der Waals surface area contributed by atoms with Crippen molar-refractivity contribution in [2.75, 3.05) is 16.8 Å². The second-order valence-electron chi connectivity index (χ2n) is 12.3. The number of anilines is 2. The summed E-state index contributed by atoms with van der Waals surface area (Å²) in [5.41, 5.74) is 2.94. The van der Waals surface area contributed by atoms with Crippen molar-refractivity contribution >= 4 is 75.4 Å². The van der Waals surface area contributed by atoms with Crippen molar-refractivity contribution in [1.82, 2.24) is 4.98 Å². The molecule has 0 radical (unpaired) electrons. The number of aryl methyl sites for hydroxylation is 1. The Morgan fingerprint density at radius 2 is 1.70 bits per heavy atom. The number of H-pyrrole nitrogens is 1. The lowest BCUT2D eigenvalue weighted by atomic mass is 9.68. The van der Waals surface area contributed by atoms with E-state index in [2.05, 4.69) is 10.3 Å². The molecule has 3 heterocycles. The number of benzene rings is 3. The number of thioether (sulfide) groups is 1. The lowest BCUT2D eigenvalue weighted by molar-refractivity contribution is -0.123. The first-order valence-corrected chi connectivity index (χ1v) is 17.5. The zero-order chi connectivity index (χ0) is 31.9. The predicted molar refractivity (Wildman–Crippen MR) is 179 cm³/mol. The van der Waals surface area contributed by atoms with Crippen LogP contribution < -0.4 is 19.8 Å². The number of carbonyl (C=O) groups excluding carboxylic acids is 3. The highest BCUT2D eigenvalue weighted by molar-refractivity contribution is 8.00. The lowest BCUT2D eigenvalue weighted by Gasteiger charge is -2.43. The molecule has 1 saturated heterocycles. The van der Waals surface area contributed by atoms with Gasteiger partial charge in [0.1, 0.15) is 5.75 Å². The number of aromatic amines is 1. The first kappa shape index (κ1) is 29.8. The Morgan fingerprint density at radius 1 is 0.978 bits per heavy atom. The molecule has 3 fully saturated rings. The molecular formula is C34H27Cl2N3O5S2. The number of fused-ring (bicyclic) bond motifs is 9. The summed E-state index contributed by atoms with van der Waals surface area (Å²) in [6.07, 6.45) is 0.745. The minimum atomic E-state index is -0.460. The number of hydrogen-bond acceptors (Lipinski definition) is 7. The molecule has 4 aliphatic rings. The van der Waals surface area contributed by atoms with Crippen LogP contribution in [0.5, 0.6) is 5.75 Å². The number of nitrogens with one attached hydrogen (secondary N) is 2. The number of thiazole rings is 1. The molecule has 12 heteroatoms. The van der Waals surface area contributed by atoms with E-state index in [9.17, 15) is 19.2 Å². The molecule has 3 aromatic carbocycles. The van der Waals surface area contributed by atoms with Gasteiger partial charge in [0, 0.05) is 37.3 Å². The summed E-state index contributed by atoms with van der Waals surface area (Å²) in [6, 6.07) is 19.6. The van der Waals surface area contributed by atoms with Gasteiger partial charge in [-0.3, -0.25) is 24.1 Å². The summed E-state index contributed by atoms with van der Waals surface area (Å²) in [5.74, 6) is -1.56. The fraction of sp³-hybridized carbons (Fsp3) is 0.294. The van der Waals surface area contributed by atoms with E-state index in [4.69, 9.17) is 27.9 Å². The smallest absolute Gasteiger partial charge is 0.305 e. The fourth-order valence-corrected chi connectivity index (χ4v) is 11.3. The number of halogens is 2. The number of rotatable bonds is 6. The van der Waals surface area contributed by atoms with Gasteiger partial charge in [-0.15, -0.1) is 11.8 Å². The summed E-state index contributed by atoms with van der Waals surface area (Å²) < 4.78 is 6.18. The average molecular weight is 693 g/mol. The van der Waals surface area contributed by atoms with E-state index < -0.39 is 11.8 Å². The Morgan fingerprint density at radius 3 is 2.46 bits per heavy atom. The van der Waals surface area contributed by atoms with Crippen molar-refractivity contribution in [2.45, 2.75) is 29.5 Å². The number of para-hydroxylation sites is 1. The number of imide groups is 1. The van der Waals surface area contributed by atoms with Crippen LogP contribution in [-0.4, -0.2) is 34.6 Å². The third-order valence-corrected chi connectivity index (χ3v) is 13.0. The van der Waals surface area contributed by atoms with Crippen molar-refractivity contribution in [1.29, 1.82) is 0 Å². The van der Waals surface area contributed by atoms with Crippen LogP contribution in [0.25, 0.3) is 0 Å². The molecule has 1 aromatic heterocycles. The van der Waals surface area contributed by atoms with Crippen molar-refractivity contribution in [3.63, 3.8) is 0 Å². The van der Waals surface area contributed by atoms with Crippen LogP contribution in [0, 0.1) is 36.5 Å². The zero-order valence-electron chi connectivity index (χ0n) is 24.4. The number of aromatic nitrogens is 1. The topological polar surface area (TPSA) is 109 Å². The molecule has 46 heavy (non-hydrogen) atoms. The minimum absolute atomic E-state index is 0.00731. The van der Waals surface area contributed by atoms with Crippen LogP contribution in [-0.2, 0) is 14.4 Å². The van der Waals surface area contributed by atoms with Crippen molar-refractivity contribution in [3.8, 4) is 5.75 Å². The zero-order valence-corrected chi connectivity index (χ0v) is 27.5. The van der Waals surface area contributed by atoms with E-state index in [-0.39, 0.29) is 58.1 Å². The Bertz CT molecular complexity index is 1980. The van der Waals surface area contributed by atoms with E-state index in [1.165, 1.54) is 4.90 Å². The van der Waals surface area contributed by atoms with Gasteiger partial charge in [-0.05, 0) is 85.2 Å². The standard InChI is InChI=1S/C34H27Cl2N3O5S2/c1-15-4-2-3-5-22(15)37-24(40)14-44-23-11-8-17(36)12-19(23)25-26-20-13-21(29(26)45-31-30(25)46-34(43)38-31)28-27(20)32(41)39(33(28)42)18-9-6-16(35)7-10-18/h2-12,20-21,25-29H,13-14H2,1H3,(H,37,40)(H,38,43)/t20?,21?,25-,26?,27?,28?,29?/m1/s1. The van der Waals surface area contributed by atoms with Crippen molar-refractivity contribution in [2.24, 2.45) is 29.6 Å². The summed E-state index contributed by atoms with van der Waals surface area (Å²) in [5, 5.41) is 4.70. The summed E-state index contributed by atoms with van der Waals surface area (Å²) in [4.78, 5) is 58.6. The molecule has 6 unspecified atom stereocenters. The molecule has 234 valence electrons. The van der Waals surface area contributed by atoms with Gasteiger partial charge in [-0.1, -0.05) is 52.7 Å². The molecule has 3 amide bonds. The maximum atomic E-state index is 14.0. The number of carbonyl (C=O) groups is 3. The van der Waals surface area contributed by atoms with Gasteiger partial charge < -0.3 is 15.0 Å². The Kier molecular flexibility index (Phi) is 7.32. The molecule has 2 saturated carbocycles. The summed E-state index contributed by atoms with van der Waals surface area (Å²) in [6.45, 7) is 1.69. The normalized spacial score (nSPS) is 27.4. The van der Waals surface area contributed by atoms with Crippen LogP contribution in [0.3, 0.4) is 0 Å². The first-order chi connectivity index (χ1) is 22.2. The van der Waals surface area contributed by atoms with Gasteiger partial charge in [0.25, 0.3) is 5.91 Å². The van der Waals surface area contributed by atoms with E-state index in [1.807, 2.05) is 37.3 Å². The molecule has 2 aliphatic carbocycles. The van der Waals surface area contributed by atoms with E-state index >= 15 is 0 Å². The average Bonchev–Trinajstić information content (AvgIpc) is 3.77. The van der Waals surface area contributed by atoms with Gasteiger partial charge in [0.05, 0.1) is 22.5 Å². The third-order valence-electron chi connectivity index (χ3n) is 9.89. The third kappa shape index (κ3) is 4.72. The Balaban J connectivity index is 1.15. The molecule has 0 spiro atoms. The second kappa shape index (κ2) is 11.3. The molecule has 7 atom stereocenters. The maximum absolute atomic E-state index is 14.0. The highest BCUT2D eigenvalue weighted by Gasteiger charge is 2.69. The van der Waals surface area contributed by atoms with Crippen LogP contribution in [0.2, 0.25) is 10.0 Å². The van der Waals surface area contributed by atoms with E-state index in [0.717, 1.165) is 38.8 Å². The van der Waals surface area contributed by atoms with Gasteiger partial charge in [-0.25, -0.2) is 0 Å².